The average Bonchev–Trinajstić information content (AvgIpc) is 2.95. The smallest absolute Gasteiger partial charge is 0.0794 e. The first-order valence-electron chi connectivity index (χ1n) is 7.19. The molecule has 0 spiro atoms. The average molecular weight is 276 g/mol. The van der Waals surface area contributed by atoms with E-state index in [1.807, 2.05) is 0 Å². The van der Waals surface area contributed by atoms with Gasteiger partial charge in [0.1, 0.15) is 8.07 Å². The molecule has 1 aliphatic rings. The van der Waals surface area contributed by atoms with Crippen LogP contribution in [0.5, 0.6) is 0 Å². The Morgan fingerprint density at radius 3 is 1.70 bits per heavy atom. The molecule has 0 heterocycles. The first-order chi connectivity index (χ1) is 9.71. The minimum absolute atomic E-state index is 0.548. The first-order valence-corrected chi connectivity index (χ1v) is 9.76. The molecule has 0 radical (unpaired) electrons. The van der Waals surface area contributed by atoms with Gasteiger partial charge in [-0.3, -0.25) is 0 Å². The van der Waals surface area contributed by atoms with Crippen LogP contribution in [0.4, 0.5) is 0 Å². The van der Waals surface area contributed by atoms with Crippen molar-refractivity contribution in [2.45, 2.75) is 19.0 Å². The van der Waals surface area contributed by atoms with E-state index in [9.17, 15) is 0 Å². The fourth-order valence-corrected chi connectivity index (χ4v) is 7.08. The number of benzene rings is 2. The topological polar surface area (TPSA) is 0 Å². The molecule has 1 atom stereocenters. The second-order valence-corrected chi connectivity index (χ2v) is 9.96. The Kier molecular flexibility index (Phi) is 3.45. The molecule has 0 saturated heterocycles. The van der Waals surface area contributed by atoms with Crippen LogP contribution in [0.1, 0.15) is 6.92 Å². The molecule has 1 heteroatoms. The van der Waals surface area contributed by atoms with Crippen molar-refractivity contribution in [1.29, 1.82) is 0 Å². The highest BCUT2D eigenvalue weighted by molar-refractivity contribution is 7.03. The summed E-state index contributed by atoms with van der Waals surface area (Å²) in [5.41, 5.74) is 1.94. The van der Waals surface area contributed by atoms with E-state index in [4.69, 9.17) is 0 Å². The maximum atomic E-state index is 2.49. The van der Waals surface area contributed by atoms with E-state index in [2.05, 4.69) is 92.4 Å². The number of hydrogen-bond donors (Lipinski definition) is 0. The zero-order valence-corrected chi connectivity index (χ0v) is 13.1. The lowest BCUT2D eigenvalue weighted by atomic mass is 10.3. The van der Waals surface area contributed by atoms with Gasteiger partial charge in [0.2, 0.25) is 0 Å². The van der Waals surface area contributed by atoms with Gasteiger partial charge < -0.3 is 0 Å². The van der Waals surface area contributed by atoms with E-state index in [1.165, 1.54) is 15.9 Å². The zero-order chi connectivity index (χ0) is 14.0. The molecule has 0 nitrogen and oxygen atoms in total. The van der Waals surface area contributed by atoms with Gasteiger partial charge in [-0.2, -0.15) is 0 Å². The Bertz CT molecular complexity index is 598. The summed E-state index contributed by atoms with van der Waals surface area (Å²) in [5, 5.41) is 3.01. The third-order valence-corrected chi connectivity index (χ3v) is 9.18. The SMILES string of the molecule is CC1=CC([Si](C)(c2ccccc2)c2ccccc2)C=C1. The minimum Gasteiger partial charge on any atom is -0.0794 e. The molecule has 0 aliphatic heterocycles. The van der Waals surface area contributed by atoms with Gasteiger partial charge in [0.15, 0.2) is 0 Å². The van der Waals surface area contributed by atoms with Gasteiger partial charge in [-0.05, 0) is 12.5 Å². The molecule has 3 rings (SSSR count). The van der Waals surface area contributed by atoms with Crippen LogP contribution in [0.25, 0.3) is 0 Å². The summed E-state index contributed by atoms with van der Waals surface area (Å²) >= 11 is 0. The van der Waals surface area contributed by atoms with Crippen LogP contribution in [-0.2, 0) is 0 Å². The van der Waals surface area contributed by atoms with Crippen LogP contribution in [-0.4, -0.2) is 8.07 Å². The van der Waals surface area contributed by atoms with Crippen molar-refractivity contribution < 1.29 is 0 Å². The van der Waals surface area contributed by atoms with Gasteiger partial charge in [-0.1, -0.05) is 101 Å². The molecule has 100 valence electrons. The fraction of sp³-hybridized carbons (Fsp3) is 0.158. The minimum atomic E-state index is -1.77. The van der Waals surface area contributed by atoms with Crippen molar-refractivity contribution in [1.82, 2.24) is 0 Å². The standard InChI is InChI=1S/C19H20Si/c1-16-13-14-19(15-16)20(2,17-9-5-3-6-10-17)18-11-7-4-8-12-18/h3-15,19H,1-2H3. The summed E-state index contributed by atoms with van der Waals surface area (Å²) in [7, 11) is -1.77. The molecule has 2 aromatic carbocycles. The third-order valence-electron chi connectivity index (χ3n) is 4.42. The highest BCUT2D eigenvalue weighted by atomic mass is 28.3. The first kappa shape index (κ1) is 13.1. The van der Waals surface area contributed by atoms with Crippen molar-refractivity contribution in [2.24, 2.45) is 0 Å². The Morgan fingerprint density at radius 1 is 0.800 bits per heavy atom. The maximum absolute atomic E-state index is 2.49. The van der Waals surface area contributed by atoms with E-state index in [1.54, 1.807) is 0 Å². The van der Waals surface area contributed by atoms with Crippen molar-refractivity contribution in [3.63, 3.8) is 0 Å². The Hall–Kier alpha value is -1.86. The quantitative estimate of drug-likeness (QED) is 0.749. The molecule has 0 N–H and O–H groups in total. The Morgan fingerprint density at radius 2 is 1.30 bits per heavy atom. The third kappa shape index (κ3) is 2.18. The predicted molar refractivity (Wildman–Crippen MR) is 90.4 cm³/mol. The van der Waals surface area contributed by atoms with Gasteiger partial charge in [-0.15, -0.1) is 0 Å². The largest absolute Gasteiger partial charge is 0.125 e. The molecule has 0 aromatic heterocycles. The van der Waals surface area contributed by atoms with Crippen LogP contribution in [0.2, 0.25) is 12.1 Å². The summed E-state index contributed by atoms with van der Waals surface area (Å²) in [6.07, 6.45) is 7.09. The van der Waals surface area contributed by atoms with E-state index in [0.29, 0.717) is 5.54 Å². The highest BCUT2D eigenvalue weighted by Crippen LogP contribution is 2.31. The normalized spacial score (nSPS) is 18.1. The van der Waals surface area contributed by atoms with Crippen molar-refractivity contribution in [3.8, 4) is 0 Å². The van der Waals surface area contributed by atoms with Crippen LogP contribution in [0.3, 0.4) is 0 Å². The second-order valence-electron chi connectivity index (χ2n) is 5.73. The second kappa shape index (κ2) is 5.26. The van der Waals surface area contributed by atoms with Gasteiger partial charge in [-0.25, -0.2) is 0 Å². The summed E-state index contributed by atoms with van der Waals surface area (Å²) < 4.78 is 0. The van der Waals surface area contributed by atoms with E-state index in [-0.39, 0.29) is 0 Å². The van der Waals surface area contributed by atoms with E-state index >= 15 is 0 Å². The molecule has 1 unspecified atom stereocenters. The van der Waals surface area contributed by atoms with Gasteiger partial charge in [0.25, 0.3) is 0 Å². The molecule has 0 saturated carbocycles. The molecule has 1 aliphatic carbocycles. The van der Waals surface area contributed by atoms with Crippen LogP contribution < -0.4 is 10.4 Å². The van der Waals surface area contributed by atoms with Crippen molar-refractivity contribution >= 4 is 18.4 Å². The van der Waals surface area contributed by atoms with Gasteiger partial charge >= 0.3 is 0 Å². The predicted octanol–water partition coefficient (Wildman–Crippen LogP) is 3.77. The van der Waals surface area contributed by atoms with Crippen LogP contribution in [0.15, 0.2) is 84.5 Å². The maximum Gasteiger partial charge on any atom is 0.125 e. The Labute approximate surface area is 122 Å². The van der Waals surface area contributed by atoms with Crippen LogP contribution in [0, 0.1) is 0 Å². The summed E-state index contributed by atoms with van der Waals surface area (Å²) in [6.45, 7) is 4.68. The molecule has 0 fully saturated rings. The van der Waals surface area contributed by atoms with E-state index < -0.39 is 8.07 Å². The van der Waals surface area contributed by atoms with Crippen LogP contribution >= 0.6 is 0 Å². The summed E-state index contributed by atoms with van der Waals surface area (Å²) in [4.78, 5) is 0. The van der Waals surface area contributed by atoms with Crippen molar-refractivity contribution in [3.05, 3.63) is 84.5 Å². The fourth-order valence-electron chi connectivity index (χ4n) is 3.13. The monoisotopic (exact) mass is 276 g/mol. The Balaban J connectivity index is 2.16. The lowest BCUT2D eigenvalue weighted by Gasteiger charge is -2.33. The van der Waals surface area contributed by atoms with Crippen molar-refractivity contribution in [2.75, 3.05) is 0 Å². The lowest BCUT2D eigenvalue weighted by Crippen LogP contribution is -2.58. The molecule has 2 aromatic rings. The number of rotatable bonds is 3. The number of allylic oxidation sites excluding steroid dienone is 4. The zero-order valence-electron chi connectivity index (χ0n) is 12.1. The lowest BCUT2D eigenvalue weighted by molar-refractivity contribution is 1.31. The molecular weight excluding hydrogens is 256 g/mol. The van der Waals surface area contributed by atoms with E-state index in [0.717, 1.165) is 0 Å². The molecule has 0 bridgehead atoms. The van der Waals surface area contributed by atoms with Gasteiger partial charge in [0.05, 0.1) is 0 Å². The number of hydrogen-bond acceptors (Lipinski definition) is 0. The summed E-state index contributed by atoms with van der Waals surface area (Å²) in [6, 6.07) is 22.1. The van der Waals surface area contributed by atoms with Gasteiger partial charge in [0, 0.05) is 0 Å². The highest BCUT2D eigenvalue weighted by Gasteiger charge is 2.38. The summed E-state index contributed by atoms with van der Waals surface area (Å²) in [5.74, 6) is 0. The molecular formula is C19H20Si. The molecule has 20 heavy (non-hydrogen) atoms. The molecule has 0 amide bonds.